The number of nitriles is 1. The highest BCUT2D eigenvalue weighted by Gasteiger charge is 2.17. The second kappa shape index (κ2) is 7.64. The van der Waals surface area contributed by atoms with E-state index >= 15 is 0 Å². The van der Waals surface area contributed by atoms with Crippen molar-refractivity contribution in [3.8, 4) is 23.1 Å². The Kier molecular flexibility index (Phi) is 5.27. The van der Waals surface area contributed by atoms with Crippen molar-refractivity contribution in [1.82, 2.24) is 14.7 Å². The number of hydrogen-bond donors (Lipinski definition) is 1. The fourth-order valence-electron chi connectivity index (χ4n) is 3.11. The summed E-state index contributed by atoms with van der Waals surface area (Å²) < 4.78 is 20.4. The van der Waals surface area contributed by atoms with E-state index in [1.54, 1.807) is 19.1 Å². The van der Waals surface area contributed by atoms with Crippen LogP contribution in [0.3, 0.4) is 0 Å². The van der Waals surface area contributed by atoms with Crippen molar-refractivity contribution in [3.05, 3.63) is 62.7 Å². The first kappa shape index (κ1) is 19.3. The van der Waals surface area contributed by atoms with Gasteiger partial charge in [-0.15, -0.1) is 0 Å². The fraction of sp³-hybridized carbons (Fsp3) is 0.300. The Morgan fingerprint density at radius 1 is 1.29 bits per heavy atom. The van der Waals surface area contributed by atoms with Gasteiger partial charge < -0.3 is 9.63 Å². The third kappa shape index (κ3) is 3.39. The highest BCUT2D eigenvalue weighted by molar-refractivity contribution is 5.63. The van der Waals surface area contributed by atoms with E-state index in [0.29, 0.717) is 35.5 Å². The van der Waals surface area contributed by atoms with Gasteiger partial charge in [0, 0.05) is 17.2 Å². The molecule has 0 aliphatic heterocycles. The van der Waals surface area contributed by atoms with Crippen molar-refractivity contribution in [2.24, 2.45) is 0 Å². The SMILES string of the molecule is CCc1nc(C)n(Cc2cc(-c3cc(O)c(F)c(C#N)c3)on2)c(=O)c1CC. The van der Waals surface area contributed by atoms with Crippen LogP contribution in [-0.4, -0.2) is 19.8 Å². The summed E-state index contributed by atoms with van der Waals surface area (Å²) in [6.07, 6.45) is 1.27. The van der Waals surface area contributed by atoms with Crippen LogP contribution in [0.25, 0.3) is 11.3 Å². The summed E-state index contributed by atoms with van der Waals surface area (Å²) >= 11 is 0. The Balaban J connectivity index is 1.98. The van der Waals surface area contributed by atoms with Crippen LogP contribution in [0, 0.1) is 24.1 Å². The van der Waals surface area contributed by atoms with Crippen molar-refractivity contribution in [3.63, 3.8) is 0 Å². The quantitative estimate of drug-likeness (QED) is 0.727. The summed E-state index contributed by atoms with van der Waals surface area (Å²) in [4.78, 5) is 17.3. The normalized spacial score (nSPS) is 10.8. The Morgan fingerprint density at radius 2 is 2.04 bits per heavy atom. The second-order valence-corrected chi connectivity index (χ2v) is 6.33. The molecule has 3 aromatic rings. The van der Waals surface area contributed by atoms with Crippen molar-refractivity contribution in [2.45, 2.75) is 40.2 Å². The summed E-state index contributed by atoms with van der Waals surface area (Å²) in [5, 5.41) is 22.6. The number of aryl methyl sites for hydroxylation is 2. The molecule has 0 saturated carbocycles. The van der Waals surface area contributed by atoms with Crippen LogP contribution in [0.2, 0.25) is 0 Å². The average Bonchev–Trinajstić information content (AvgIpc) is 3.15. The molecule has 0 spiro atoms. The molecule has 0 bridgehead atoms. The summed E-state index contributed by atoms with van der Waals surface area (Å²) in [5.74, 6) is -0.801. The Bertz CT molecular complexity index is 1140. The van der Waals surface area contributed by atoms with Gasteiger partial charge in [0.2, 0.25) is 0 Å². The van der Waals surface area contributed by atoms with E-state index in [2.05, 4.69) is 10.1 Å². The Hall–Kier alpha value is -3.47. The largest absolute Gasteiger partial charge is 0.505 e. The third-order valence-corrected chi connectivity index (χ3v) is 4.56. The van der Waals surface area contributed by atoms with Crippen LogP contribution in [0.5, 0.6) is 5.75 Å². The molecular formula is C20H19FN4O3. The van der Waals surface area contributed by atoms with Crippen molar-refractivity contribution in [2.75, 3.05) is 0 Å². The summed E-state index contributed by atoms with van der Waals surface area (Å²) in [6.45, 7) is 5.80. The summed E-state index contributed by atoms with van der Waals surface area (Å²) in [6, 6.07) is 5.69. The number of aromatic nitrogens is 3. The maximum absolute atomic E-state index is 13.6. The molecule has 1 aromatic carbocycles. The lowest BCUT2D eigenvalue weighted by Gasteiger charge is -2.12. The van der Waals surface area contributed by atoms with Crippen molar-refractivity contribution < 1.29 is 14.0 Å². The molecule has 3 rings (SSSR count). The summed E-state index contributed by atoms with van der Waals surface area (Å²) in [5.41, 5.74) is 1.85. The molecule has 0 atom stereocenters. The summed E-state index contributed by atoms with van der Waals surface area (Å²) in [7, 11) is 0. The van der Waals surface area contributed by atoms with E-state index in [0.717, 1.165) is 11.8 Å². The first-order valence-corrected chi connectivity index (χ1v) is 8.87. The minimum absolute atomic E-state index is 0.109. The lowest BCUT2D eigenvalue weighted by Crippen LogP contribution is -2.29. The zero-order valence-corrected chi connectivity index (χ0v) is 15.8. The van der Waals surface area contributed by atoms with Crippen LogP contribution in [0.15, 0.2) is 27.5 Å². The molecule has 0 unspecified atom stereocenters. The zero-order chi connectivity index (χ0) is 20.4. The lowest BCUT2D eigenvalue weighted by atomic mass is 10.1. The van der Waals surface area contributed by atoms with Crippen LogP contribution in [0.1, 0.15) is 42.2 Å². The molecule has 8 heteroatoms. The molecule has 1 N–H and O–H groups in total. The number of rotatable bonds is 5. The molecule has 0 saturated heterocycles. The lowest BCUT2D eigenvalue weighted by molar-refractivity contribution is 0.417. The molecule has 0 aliphatic carbocycles. The number of halogens is 1. The van der Waals surface area contributed by atoms with Crippen LogP contribution in [0.4, 0.5) is 4.39 Å². The molecule has 28 heavy (non-hydrogen) atoms. The highest BCUT2D eigenvalue weighted by atomic mass is 19.1. The number of hydrogen-bond acceptors (Lipinski definition) is 6. The molecule has 0 fully saturated rings. The first-order valence-electron chi connectivity index (χ1n) is 8.87. The van der Waals surface area contributed by atoms with Gasteiger partial charge in [0.15, 0.2) is 17.3 Å². The van der Waals surface area contributed by atoms with E-state index in [-0.39, 0.29) is 23.4 Å². The predicted octanol–water partition coefficient (Wildman–Crippen LogP) is 3.10. The van der Waals surface area contributed by atoms with Crippen LogP contribution in [-0.2, 0) is 19.4 Å². The first-order chi connectivity index (χ1) is 13.4. The van der Waals surface area contributed by atoms with E-state index in [1.807, 2.05) is 13.8 Å². The highest BCUT2D eigenvalue weighted by Crippen LogP contribution is 2.29. The number of phenolic OH excluding ortho intramolecular Hbond substituents is 1. The van der Waals surface area contributed by atoms with Gasteiger partial charge in [-0.05, 0) is 31.9 Å². The van der Waals surface area contributed by atoms with Gasteiger partial charge in [0.05, 0.1) is 17.8 Å². The second-order valence-electron chi connectivity index (χ2n) is 6.33. The van der Waals surface area contributed by atoms with E-state index in [4.69, 9.17) is 9.78 Å². The maximum atomic E-state index is 13.6. The van der Waals surface area contributed by atoms with Crippen LogP contribution >= 0.6 is 0 Å². The van der Waals surface area contributed by atoms with E-state index in [1.165, 1.54) is 10.6 Å². The number of aromatic hydroxyl groups is 1. The molecule has 2 heterocycles. The van der Waals surface area contributed by atoms with E-state index < -0.39 is 11.6 Å². The zero-order valence-electron chi connectivity index (χ0n) is 15.8. The smallest absolute Gasteiger partial charge is 0.257 e. The molecule has 144 valence electrons. The number of nitrogens with zero attached hydrogens (tertiary/aromatic N) is 4. The molecule has 2 aromatic heterocycles. The van der Waals surface area contributed by atoms with Crippen molar-refractivity contribution in [1.29, 1.82) is 5.26 Å². The van der Waals surface area contributed by atoms with Gasteiger partial charge >= 0.3 is 0 Å². The Labute approximate surface area is 160 Å². The average molecular weight is 382 g/mol. The molecule has 7 nitrogen and oxygen atoms in total. The van der Waals surface area contributed by atoms with Gasteiger partial charge in [-0.3, -0.25) is 9.36 Å². The van der Waals surface area contributed by atoms with Gasteiger partial charge in [0.25, 0.3) is 5.56 Å². The van der Waals surface area contributed by atoms with Crippen molar-refractivity contribution >= 4 is 0 Å². The number of benzene rings is 1. The fourth-order valence-corrected chi connectivity index (χ4v) is 3.11. The molecule has 0 aliphatic rings. The van der Waals surface area contributed by atoms with Gasteiger partial charge in [-0.1, -0.05) is 19.0 Å². The predicted molar refractivity (Wildman–Crippen MR) is 99.4 cm³/mol. The third-order valence-electron chi connectivity index (χ3n) is 4.56. The maximum Gasteiger partial charge on any atom is 0.257 e. The van der Waals surface area contributed by atoms with Crippen LogP contribution < -0.4 is 5.56 Å². The Morgan fingerprint density at radius 3 is 2.68 bits per heavy atom. The van der Waals surface area contributed by atoms with Gasteiger partial charge in [-0.25, -0.2) is 9.37 Å². The minimum atomic E-state index is -0.984. The monoisotopic (exact) mass is 382 g/mol. The van der Waals surface area contributed by atoms with E-state index in [9.17, 15) is 14.3 Å². The minimum Gasteiger partial charge on any atom is -0.505 e. The standard InChI is InChI=1S/C20H19FN4O3/c1-4-15-16(5-2)23-11(3)25(20(15)27)10-14-8-18(28-24-14)12-6-13(9-22)19(21)17(26)7-12/h6-8,26H,4-5,10H2,1-3H3. The van der Waals surface area contributed by atoms with Gasteiger partial charge in [0.1, 0.15) is 17.6 Å². The molecule has 0 radical (unpaired) electrons. The molecule has 0 amide bonds. The topological polar surface area (TPSA) is 105 Å². The van der Waals surface area contributed by atoms with Gasteiger partial charge in [-0.2, -0.15) is 5.26 Å². The molecular weight excluding hydrogens is 363 g/mol. The number of phenols is 1.